The first-order valence-electron chi connectivity index (χ1n) is 7.96. The van der Waals surface area contributed by atoms with Gasteiger partial charge in [0.15, 0.2) is 0 Å². The summed E-state index contributed by atoms with van der Waals surface area (Å²) in [6, 6.07) is 0. The summed E-state index contributed by atoms with van der Waals surface area (Å²) in [5, 5.41) is 0. The molecule has 7 heteroatoms. The van der Waals surface area contributed by atoms with Crippen molar-refractivity contribution < 1.29 is 28.4 Å². The Hall–Kier alpha value is -0.680. The number of unbranched alkanes of at least 4 members (excludes halogenated alkanes) is 8. The number of carbonyl (C=O) groups excluding carboxylic acids is 1. The zero-order chi connectivity index (χ0) is 16.8. The Morgan fingerprint density at radius 3 is 2.05 bits per heavy atom. The number of rotatable bonds is 14. The fraction of sp³-hybridized carbons (Fsp3) is 0.800. The highest BCUT2D eigenvalue weighted by Gasteiger charge is 2.24. The van der Waals surface area contributed by atoms with Gasteiger partial charge in [-0.2, -0.15) is 0 Å². The van der Waals surface area contributed by atoms with Crippen LogP contribution in [0.2, 0.25) is 0 Å². The van der Waals surface area contributed by atoms with Crippen LogP contribution >= 0.6 is 7.82 Å². The largest absolute Gasteiger partial charge is 0.472 e. The minimum Gasteiger partial charge on any atom is -0.432 e. The van der Waals surface area contributed by atoms with Crippen molar-refractivity contribution in [3.05, 3.63) is 12.7 Å². The Morgan fingerprint density at radius 1 is 1.09 bits per heavy atom. The second-order valence-corrected chi connectivity index (χ2v) is 6.48. The first-order valence-corrected chi connectivity index (χ1v) is 9.49. The standard InChI is InChI=1S/C15H29O6P/c1-3-5-6-7-8-9-10-11-12-13-15(20-14(16)4-2)21-22(17,18)19/h4,15H,2-3,5-13H2,1H3,(H2,17,18,19). The first-order chi connectivity index (χ1) is 10.4. The molecule has 0 aliphatic carbocycles. The van der Waals surface area contributed by atoms with Gasteiger partial charge in [0.1, 0.15) is 0 Å². The third-order valence-corrected chi connectivity index (χ3v) is 3.72. The van der Waals surface area contributed by atoms with Crippen molar-refractivity contribution in [2.45, 2.75) is 77.4 Å². The predicted molar refractivity (Wildman–Crippen MR) is 85.1 cm³/mol. The summed E-state index contributed by atoms with van der Waals surface area (Å²) in [7, 11) is -4.68. The molecule has 130 valence electrons. The normalized spacial score (nSPS) is 12.9. The van der Waals surface area contributed by atoms with Gasteiger partial charge in [-0.15, -0.1) is 0 Å². The molecule has 6 nitrogen and oxygen atoms in total. The van der Waals surface area contributed by atoms with Crippen molar-refractivity contribution in [1.82, 2.24) is 0 Å². The minimum absolute atomic E-state index is 0.264. The number of carbonyl (C=O) groups is 1. The maximum Gasteiger partial charge on any atom is 0.472 e. The van der Waals surface area contributed by atoms with Gasteiger partial charge in [-0.3, -0.25) is 0 Å². The average Bonchev–Trinajstić information content (AvgIpc) is 2.43. The van der Waals surface area contributed by atoms with E-state index in [4.69, 9.17) is 14.5 Å². The van der Waals surface area contributed by atoms with Gasteiger partial charge in [0.05, 0.1) is 0 Å². The van der Waals surface area contributed by atoms with Crippen molar-refractivity contribution in [1.29, 1.82) is 0 Å². The molecule has 0 aromatic carbocycles. The van der Waals surface area contributed by atoms with Crippen LogP contribution in [-0.4, -0.2) is 22.0 Å². The third-order valence-electron chi connectivity index (χ3n) is 3.21. The maximum absolute atomic E-state index is 11.1. The van der Waals surface area contributed by atoms with Crippen LogP contribution in [0.1, 0.15) is 71.1 Å². The highest BCUT2D eigenvalue weighted by atomic mass is 31.2. The lowest BCUT2D eigenvalue weighted by atomic mass is 10.1. The SMILES string of the molecule is C=CC(=O)OC(CCCCCCCCCCC)OP(=O)(O)O. The molecule has 2 N–H and O–H groups in total. The van der Waals surface area contributed by atoms with Crippen LogP contribution in [0, 0.1) is 0 Å². The van der Waals surface area contributed by atoms with Gasteiger partial charge < -0.3 is 14.5 Å². The first kappa shape index (κ1) is 21.3. The number of esters is 1. The van der Waals surface area contributed by atoms with E-state index < -0.39 is 20.1 Å². The highest BCUT2D eigenvalue weighted by molar-refractivity contribution is 7.46. The van der Waals surface area contributed by atoms with Crippen molar-refractivity contribution in [2.75, 3.05) is 0 Å². The summed E-state index contributed by atoms with van der Waals surface area (Å²) < 4.78 is 20.1. The summed E-state index contributed by atoms with van der Waals surface area (Å²) >= 11 is 0. The Labute approximate surface area is 133 Å². The summed E-state index contributed by atoms with van der Waals surface area (Å²) in [5.41, 5.74) is 0. The Morgan fingerprint density at radius 2 is 1.59 bits per heavy atom. The molecule has 1 atom stereocenters. The molecule has 0 radical (unpaired) electrons. The molecule has 0 aromatic heterocycles. The molecule has 0 amide bonds. The quantitative estimate of drug-likeness (QED) is 0.163. The molecule has 0 bridgehead atoms. The molecular weight excluding hydrogens is 307 g/mol. The van der Waals surface area contributed by atoms with Gasteiger partial charge >= 0.3 is 13.8 Å². The number of phosphoric acid groups is 1. The van der Waals surface area contributed by atoms with Crippen molar-refractivity contribution >= 4 is 13.8 Å². The zero-order valence-corrected chi connectivity index (χ0v) is 14.3. The lowest BCUT2D eigenvalue weighted by Crippen LogP contribution is -2.19. The summed E-state index contributed by atoms with van der Waals surface area (Å²) in [6.07, 6.45) is 10.1. The van der Waals surface area contributed by atoms with E-state index in [-0.39, 0.29) is 6.42 Å². The Balaban J connectivity index is 3.81. The molecule has 0 saturated heterocycles. The molecule has 22 heavy (non-hydrogen) atoms. The molecule has 0 saturated carbocycles. The van der Waals surface area contributed by atoms with Gasteiger partial charge in [0.25, 0.3) is 0 Å². The van der Waals surface area contributed by atoms with E-state index in [0.717, 1.165) is 25.3 Å². The summed E-state index contributed by atoms with van der Waals surface area (Å²) in [4.78, 5) is 28.7. The maximum atomic E-state index is 11.1. The van der Waals surface area contributed by atoms with E-state index >= 15 is 0 Å². The smallest absolute Gasteiger partial charge is 0.432 e. The molecule has 0 heterocycles. The van der Waals surface area contributed by atoms with Gasteiger partial charge in [0, 0.05) is 12.5 Å². The molecule has 0 rings (SSSR count). The topological polar surface area (TPSA) is 93.1 Å². The number of hydrogen-bond donors (Lipinski definition) is 2. The van der Waals surface area contributed by atoms with Crippen molar-refractivity contribution in [3.8, 4) is 0 Å². The molecule has 0 aromatic rings. The third kappa shape index (κ3) is 14.3. The second-order valence-electron chi connectivity index (χ2n) is 5.28. The molecular formula is C15H29O6P. The lowest BCUT2D eigenvalue weighted by molar-refractivity contribution is -0.160. The number of hydrogen-bond acceptors (Lipinski definition) is 4. The number of ether oxygens (including phenoxy) is 1. The molecule has 0 aliphatic rings. The van der Waals surface area contributed by atoms with E-state index in [0.29, 0.717) is 6.42 Å². The second kappa shape index (κ2) is 12.8. The molecule has 1 unspecified atom stereocenters. The Bertz CT molecular complexity index is 352. The van der Waals surface area contributed by atoms with Crippen LogP contribution in [0.3, 0.4) is 0 Å². The van der Waals surface area contributed by atoms with Crippen LogP contribution in [0.4, 0.5) is 0 Å². The van der Waals surface area contributed by atoms with E-state index in [1.807, 2.05) is 0 Å². The Kier molecular flexibility index (Phi) is 12.4. The lowest BCUT2D eigenvalue weighted by Gasteiger charge is -2.17. The van der Waals surface area contributed by atoms with Gasteiger partial charge in [-0.1, -0.05) is 64.9 Å². The average molecular weight is 336 g/mol. The molecule has 0 aliphatic heterocycles. The number of phosphoric ester groups is 1. The van der Waals surface area contributed by atoms with Crippen molar-refractivity contribution in [2.24, 2.45) is 0 Å². The van der Waals surface area contributed by atoms with Crippen LogP contribution in [0.25, 0.3) is 0 Å². The minimum atomic E-state index is -4.68. The van der Waals surface area contributed by atoms with E-state index in [1.54, 1.807) is 0 Å². The van der Waals surface area contributed by atoms with Crippen LogP contribution in [-0.2, 0) is 18.6 Å². The molecule has 0 spiro atoms. The van der Waals surface area contributed by atoms with Gasteiger partial charge in [-0.05, 0) is 6.42 Å². The fourth-order valence-electron chi connectivity index (χ4n) is 2.09. The molecule has 0 fully saturated rings. The van der Waals surface area contributed by atoms with Gasteiger partial charge in [0.2, 0.25) is 6.29 Å². The summed E-state index contributed by atoms with van der Waals surface area (Å²) in [6.45, 7) is 5.43. The highest BCUT2D eigenvalue weighted by Crippen LogP contribution is 2.38. The zero-order valence-electron chi connectivity index (χ0n) is 13.4. The van der Waals surface area contributed by atoms with Crippen LogP contribution < -0.4 is 0 Å². The van der Waals surface area contributed by atoms with E-state index in [1.165, 1.54) is 32.1 Å². The monoisotopic (exact) mass is 336 g/mol. The van der Waals surface area contributed by atoms with Crippen molar-refractivity contribution in [3.63, 3.8) is 0 Å². The van der Waals surface area contributed by atoms with Gasteiger partial charge in [-0.25, -0.2) is 13.9 Å². The van der Waals surface area contributed by atoms with E-state index in [9.17, 15) is 9.36 Å². The van der Waals surface area contributed by atoms with E-state index in [2.05, 4.69) is 18.0 Å². The summed E-state index contributed by atoms with van der Waals surface area (Å²) in [5.74, 6) is -0.755. The predicted octanol–water partition coefficient (Wildman–Crippen LogP) is 4.07. The van der Waals surface area contributed by atoms with Crippen LogP contribution in [0.5, 0.6) is 0 Å². The van der Waals surface area contributed by atoms with Crippen LogP contribution in [0.15, 0.2) is 12.7 Å². The fourth-order valence-corrected chi connectivity index (χ4v) is 2.54.